The van der Waals surface area contributed by atoms with Gasteiger partial charge in [-0.1, -0.05) is 40.9 Å². The molecular formula is C26H27Cl2N3O4S. The number of methoxy groups -OCH3 is 1. The highest BCUT2D eigenvalue weighted by molar-refractivity contribution is 7.92. The fourth-order valence-corrected chi connectivity index (χ4v) is 5.98. The molecule has 4 rings (SSSR count). The summed E-state index contributed by atoms with van der Waals surface area (Å²) < 4.78 is 33.5. The van der Waals surface area contributed by atoms with E-state index in [0.29, 0.717) is 26.2 Å². The van der Waals surface area contributed by atoms with Crippen LogP contribution in [0.5, 0.6) is 5.75 Å². The number of nitrogens with zero attached hydrogens (tertiary/aromatic N) is 3. The maximum absolute atomic E-state index is 13.6. The van der Waals surface area contributed by atoms with Crippen LogP contribution in [-0.4, -0.2) is 59.1 Å². The molecule has 0 bridgehead atoms. The number of benzene rings is 3. The van der Waals surface area contributed by atoms with Gasteiger partial charge in [0.2, 0.25) is 5.91 Å². The zero-order valence-electron chi connectivity index (χ0n) is 20.0. The molecule has 1 aliphatic rings. The van der Waals surface area contributed by atoms with Crippen LogP contribution in [0.1, 0.15) is 5.56 Å². The lowest BCUT2D eigenvalue weighted by Crippen LogP contribution is -2.52. The minimum absolute atomic E-state index is 0.0846. The van der Waals surface area contributed by atoms with Crippen molar-refractivity contribution in [2.75, 3.05) is 49.0 Å². The van der Waals surface area contributed by atoms with Crippen molar-refractivity contribution in [1.82, 2.24) is 4.90 Å². The Morgan fingerprint density at radius 1 is 0.917 bits per heavy atom. The molecule has 0 saturated carbocycles. The maximum atomic E-state index is 13.6. The molecule has 3 aromatic rings. The lowest BCUT2D eigenvalue weighted by molar-refractivity contribution is -0.129. The summed E-state index contributed by atoms with van der Waals surface area (Å²) in [6.45, 7) is 3.71. The normalized spacial score (nSPS) is 14.0. The van der Waals surface area contributed by atoms with E-state index in [1.807, 2.05) is 31.2 Å². The van der Waals surface area contributed by atoms with Crippen molar-refractivity contribution >= 4 is 50.5 Å². The standard InChI is InChI=1S/C26H27Cl2N3O4S/c1-19-3-9-25(10-4-19)36(33,34)31(23-16-20(27)15-21(28)17-23)18-26(32)30-13-11-29(12-14-30)22-5-7-24(35-2)8-6-22/h3-10,15-17H,11-14,18H2,1-2H3. The number of piperazine rings is 1. The van der Waals surface area contributed by atoms with Gasteiger partial charge in [0.05, 0.1) is 17.7 Å². The van der Waals surface area contributed by atoms with Crippen molar-refractivity contribution in [3.63, 3.8) is 0 Å². The number of halogens is 2. The monoisotopic (exact) mass is 547 g/mol. The number of amides is 1. The van der Waals surface area contributed by atoms with E-state index in [-0.39, 0.29) is 33.1 Å². The average Bonchev–Trinajstić information content (AvgIpc) is 2.87. The quantitative estimate of drug-likeness (QED) is 0.422. The Balaban J connectivity index is 1.54. The maximum Gasteiger partial charge on any atom is 0.264 e. The van der Waals surface area contributed by atoms with E-state index >= 15 is 0 Å². The van der Waals surface area contributed by atoms with Crippen molar-refractivity contribution < 1.29 is 17.9 Å². The minimum Gasteiger partial charge on any atom is -0.497 e. The highest BCUT2D eigenvalue weighted by atomic mass is 35.5. The van der Waals surface area contributed by atoms with E-state index in [2.05, 4.69) is 4.90 Å². The van der Waals surface area contributed by atoms with Crippen molar-refractivity contribution in [1.29, 1.82) is 0 Å². The fourth-order valence-electron chi connectivity index (χ4n) is 4.07. The van der Waals surface area contributed by atoms with Crippen LogP contribution in [-0.2, 0) is 14.8 Å². The molecular weight excluding hydrogens is 521 g/mol. The third-order valence-corrected chi connectivity index (χ3v) is 8.32. The number of aryl methyl sites for hydroxylation is 1. The number of rotatable bonds is 7. The van der Waals surface area contributed by atoms with Crippen LogP contribution in [0.2, 0.25) is 10.0 Å². The molecule has 0 N–H and O–H groups in total. The Hall–Kier alpha value is -2.94. The second-order valence-corrected chi connectivity index (χ2v) is 11.3. The molecule has 0 unspecified atom stereocenters. The number of ether oxygens (including phenoxy) is 1. The van der Waals surface area contributed by atoms with Gasteiger partial charge in [-0.05, 0) is 61.5 Å². The SMILES string of the molecule is COc1ccc(N2CCN(C(=O)CN(c3cc(Cl)cc(Cl)c3)S(=O)(=O)c3ccc(C)cc3)CC2)cc1. The number of hydrogen-bond acceptors (Lipinski definition) is 5. The molecule has 7 nitrogen and oxygen atoms in total. The first-order chi connectivity index (χ1) is 17.2. The summed E-state index contributed by atoms with van der Waals surface area (Å²) in [4.78, 5) is 17.3. The van der Waals surface area contributed by atoms with Gasteiger partial charge >= 0.3 is 0 Å². The molecule has 3 aromatic carbocycles. The Labute approximate surface area is 221 Å². The average molecular weight is 548 g/mol. The van der Waals surface area contributed by atoms with Crippen LogP contribution < -0.4 is 13.9 Å². The van der Waals surface area contributed by atoms with E-state index in [9.17, 15) is 13.2 Å². The molecule has 1 aliphatic heterocycles. The van der Waals surface area contributed by atoms with Crippen LogP contribution in [0.15, 0.2) is 71.6 Å². The van der Waals surface area contributed by atoms with Gasteiger partial charge in [-0.3, -0.25) is 9.10 Å². The van der Waals surface area contributed by atoms with Crippen molar-refractivity contribution in [2.45, 2.75) is 11.8 Å². The molecule has 0 aliphatic carbocycles. The van der Waals surface area contributed by atoms with E-state index in [4.69, 9.17) is 27.9 Å². The van der Waals surface area contributed by atoms with Gasteiger partial charge in [-0.25, -0.2) is 8.42 Å². The van der Waals surface area contributed by atoms with E-state index in [1.165, 1.54) is 30.3 Å². The third-order valence-electron chi connectivity index (χ3n) is 6.09. The van der Waals surface area contributed by atoms with Gasteiger partial charge in [0.1, 0.15) is 12.3 Å². The number of carbonyl (C=O) groups is 1. The van der Waals surface area contributed by atoms with Crippen LogP contribution in [0.3, 0.4) is 0 Å². The van der Waals surface area contributed by atoms with Crippen molar-refractivity contribution in [3.05, 3.63) is 82.3 Å². The lowest BCUT2D eigenvalue weighted by atomic mass is 10.2. The van der Waals surface area contributed by atoms with Gasteiger partial charge in [0, 0.05) is 41.9 Å². The first-order valence-electron chi connectivity index (χ1n) is 11.4. The predicted molar refractivity (Wildman–Crippen MR) is 144 cm³/mol. The number of sulfonamides is 1. The third kappa shape index (κ3) is 5.88. The van der Waals surface area contributed by atoms with E-state index in [1.54, 1.807) is 24.1 Å². The smallest absolute Gasteiger partial charge is 0.264 e. The molecule has 36 heavy (non-hydrogen) atoms. The summed E-state index contributed by atoms with van der Waals surface area (Å²) in [6, 6.07) is 18.8. The molecule has 1 heterocycles. The van der Waals surface area contributed by atoms with Crippen molar-refractivity contribution in [2.24, 2.45) is 0 Å². The Kier molecular flexibility index (Phi) is 7.97. The summed E-state index contributed by atoms with van der Waals surface area (Å²) >= 11 is 12.3. The topological polar surface area (TPSA) is 70.2 Å². The second-order valence-electron chi connectivity index (χ2n) is 8.52. The number of anilines is 2. The van der Waals surface area contributed by atoms with Gasteiger partial charge in [-0.15, -0.1) is 0 Å². The van der Waals surface area contributed by atoms with Gasteiger partial charge in [0.15, 0.2) is 0 Å². The highest BCUT2D eigenvalue weighted by Gasteiger charge is 2.30. The molecule has 1 amide bonds. The summed E-state index contributed by atoms with van der Waals surface area (Å²) in [7, 11) is -2.43. The fraction of sp³-hybridized carbons (Fsp3) is 0.269. The largest absolute Gasteiger partial charge is 0.497 e. The van der Waals surface area contributed by atoms with Crippen LogP contribution in [0.4, 0.5) is 11.4 Å². The summed E-state index contributed by atoms with van der Waals surface area (Å²) in [6.07, 6.45) is 0. The van der Waals surface area contributed by atoms with Crippen LogP contribution in [0.25, 0.3) is 0 Å². The molecule has 0 radical (unpaired) electrons. The predicted octanol–water partition coefficient (Wildman–Crippen LogP) is 4.85. The molecule has 1 saturated heterocycles. The number of hydrogen-bond donors (Lipinski definition) is 0. The summed E-state index contributed by atoms with van der Waals surface area (Å²) in [5.74, 6) is 0.486. The molecule has 10 heteroatoms. The molecule has 0 atom stereocenters. The molecule has 0 aromatic heterocycles. The van der Waals surface area contributed by atoms with E-state index < -0.39 is 10.0 Å². The second kappa shape index (κ2) is 11.0. The Morgan fingerprint density at radius 3 is 2.06 bits per heavy atom. The molecule has 190 valence electrons. The summed E-state index contributed by atoms with van der Waals surface area (Å²) in [5, 5.41) is 0.560. The van der Waals surface area contributed by atoms with Gasteiger partial charge < -0.3 is 14.5 Å². The van der Waals surface area contributed by atoms with Crippen LogP contribution in [0, 0.1) is 6.92 Å². The minimum atomic E-state index is -4.05. The number of carbonyl (C=O) groups excluding carboxylic acids is 1. The highest BCUT2D eigenvalue weighted by Crippen LogP contribution is 2.30. The zero-order chi connectivity index (χ0) is 25.9. The molecule has 1 fully saturated rings. The van der Waals surface area contributed by atoms with Crippen molar-refractivity contribution in [3.8, 4) is 5.75 Å². The first kappa shape index (κ1) is 26.1. The first-order valence-corrected chi connectivity index (χ1v) is 13.6. The van der Waals surface area contributed by atoms with Gasteiger partial charge in [-0.2, -0.15) is 0 Å². The van der Waals surface area contributed by atoms with E-state index in [0.717, 1.165) is 21.3 Å². The zero-order valence-corrected chi connectivity index (χ0v) is 22.4. The lowest BCUT2D eigenvalue weighted by Gasteiger charge is -2.37. The Bertz CT molecular complexity index is 1300. The Morgan fingerprint density at radius 2 is 1.50 bits per heavy atom. The van der Waals surface area contributed by atoms with Crippen LogP contribution >= 0.6 is 23.2 Å². The van der Waals surface area contributed by atoms with Gasteiger partial charge in [0.25, 0.3) is 10.0 Å². The summed E-state index contributed by atoms with van der Waals surface area (Å²) in [5.41, 5.74) is 2.20. The molecule has 0 spiro atoms.